The van der Waals surface area contributed by atoms with E-state index in [1.54, 1.807) is 0 Å². The van der Waals surface area contributed by atoms with Gasteiger partial charge < -0.3 is 18.9 Å². The van der Waals surface area contributed by atoms with Gasteiger partial charge in [0.2, 0.25) is 0 Å². The predicted octanol–water partition coefficient (Wildman–Crippen LogP) is 4.90. The largest absolute Gasteiger partial charge is 0.368 e. The normalized spacial score (nSPS) is 33.3. The van der Waals surface area contributed by atoms with Crippen LogP contribution in [0.5, 0.6) is 0 Å². The van der Waals surface area contributed by atoms with E-state index < -0.39 is 20.2 Å². The molecule has 0 unspecified atom stereocenters. The zero-order chi connectivity index (χ0) is 23.9. The molecule has 6 atom stereocenters. The van der Waals surface area contributed by atoms with Crippen LogP contribution in [0.1, 0.15) is 31.4 Å². The summed E-state index contributed by atoms with van der Waals surface area (Å²) < 4.78 is 25.5. The summed E-state index contributed by atoms with van der Waals surface area (Å²) in [6, 6.07) is 20.8. The second-order valence-corrected chi connectivity index (χ2v) is 16.5. The molecule has 0 bridgehead atoms. The van der Waals surface area contributed by atoms with Crippen LogP contribution in [0.2, 0.25) is 19.6 Å². The monoisotopic (exact) mass is 483 g/mol. The van der Waals surface area contributed by atoms with Gasteiger partial charge in [-0.1, -0.05) is 80.3 Å². The highest BCUT2D eigenvalue weighted by atomic mass is 28.3. The van der Waals surface area contributed by atoms with Gasteiger partial charge in [-0.2, -0.15) is 5.06 Å². The molecule has 0 spiro atoms. The van der Waals surface area contributed by atoms with Crippen molar-refractivity contribution in [3.8, 4) is 0 Å². The van der Waals surface area contributed by atoms with Gasteiger partial charge in [-0.3, -0.25) is 4.84 Å². The highest BCUT2D eigenvalue weighted by Crippen LogP contribution is 2.43. The number of hydrogen-bond acceptors (Lipinski definition) is 6. The number of fused-ring (bicyclic) bond motifs is 1. The molecule has 3 fully saturated rings. The number of rotatable bonds is 7. The number of ether oxygens (including phenoxy) is 4. The SMILES string of the molecule is CC1(C)O[C@H]2O[C@H]([C@H]3C[C@@H]([Si](C)(C)C)ON3Cc3ccccc3)[C@@H](OCc3ccccc3)[C@H]2O1. The van der Waals surface area contributed by atoms with Gasteiger partial charge in [0.25, 0.3) is 0 Å². The van der Waals surface area contributed by atoms with E-state index in [2.05, 4.69) is 61.1 Å². The van der Waals surface area contributed by atoms with Gasteiger partial charge in [-0.05, 0) is 31.4 Å². The molecule has 5 rings (SSSR count). The zero-order valence-corrected chi connectivity index (χ0v) is 21.8. The Hall–Kier alpha value is -1.58. The second kappa shape index (κ2) is 9.46. The highest BCUT2D eigenvalue weighted by Gasteiger charge is 2.59. The minimum absolute atomic E-state index is 0.0543. The van der Waals surface area contributed by atoms with Crippen molar-refractivity contribution in [1.29, 1.82) is 0 Å². The van der Waals surface area contributed by atoms with E-state index in [-0.39, 0.29) is 30.1 Å². The number of nitrogens with zero attached hydrogens (tertiary/aromatic N) is 1. The first-order valence-electron chi connectivity index (χ1n) is 12.3. The van der Waals surface area contributed by atoms with Gasteiger partial charge in [0.05, 0.1) is 26.4 Å². The quantitative estimate of drug-likeness (QED) is 0.522. The molecule has 3 saturated heterocycles. The Morgan fingerprint density at radius 1 is 0.912 bits per heavy atom. The van der Waals surface area contributed by atoms with Crippen LogP contribution in [0.3, 0.4) is 0 Å². The van der Waals surface area contributed by atoms with Crippen LogP contribution < -0.4 is 0 Å². The summed E-state index contributed by atoms with van der Waals surface area (Å²) in [4.78, 5) is 6.61. The van der Waals surface area contributed by atoms with E-state index in [4.69, 9.17) is 23.8 Å². The lowest BCUT2D eigenvalue weighted by Gasteiger charge is -2.32. The van der Waals surface area contributed by atoms with Gasteiger partial charge >= 0.3 is 0 Å². The molecule has 6 nitrogen and oxygen atoms in total. The smallest absolute Gasteiger partial charge is 0.190 e. The lowest BCUT2D eigenvalue weighted by atomic mass is 10.0. The van der Waals surface area contributed by atoms with Crippen LogP contribution in [0.15, 0.2) is 60.7 Å². The topological polar surface area (TPSA) is 49.4 Å². The van der Waals surface area contributed by atoms with Gasteiger partial charge in [-0.25, -0.2) is 0 Å². The van der Waals surface area contributed by atoms with E-state index in [1.807, 2.05) is 38.1 Å². The Kier molecular flexibility index (Phi) is 6.72. The fraction of sp³-hybridized carbons (Fsp3) is 0.556. The highest BCUT2D eigenvalue weighted by molar-refractivity contribution is 6.77. The lowest BCUT2D eigenvalue weighted by molar-refractivity contribution is -0.240. The van der Waals surface area contributed by atoms with Crippen molar-refractivity contribution in [2.45, 2.75) is 95.2 Å². The molecule has 2 aromatic rings. The van der Waals surface area contributed by atoms with Crippen molar-refractivity contribution in [2.75, 3.05) is 0 Å². The maximum absolute atomic E-state index is 6.61. The van der Waals surface area contributed by atoms with Crippen molar-refractivity contribution in [2.24, 2.45) is 0 Å². The maximum Gasteiger partial charge on any atom is 0.190 e. The Bertz CT molecular complexity index is 950. The van der Waals surface area contributed by atoms with Crippen LogP contribution in [0, 0.1) is 0 Å². The average Bonchev–Trinajstić information content (AvgIpc) is 3.43. The third-order valence-corrected chi connectivity index (χ3v) is 9.20. The first-order valence-corrected chi connectivity index (χ1v) is 15.9. The molecule has 2 aromatic carbocycles. The van der Waals surface area contributed by atoms with Gasteiger partial charge in [-0.15, -0.1) is 0 Å². The number of benzene rings is 2. The average molecular weight is 484 g/mol. The molecule has 3 aliphatic heterocycles. The zero-order valence-electron chi connectivity index (χ0n) is 20.8. The number of hydrogen-bond donors (Lipinski definition) is 0. The van der Waals surface area contributed by atoms with E-state index >= 15 is 0 Å². The van der Waals surface area contributed by atoms with E-state index in [9.17, 15) is 0 Å². The Morgan fingerprint density at radius 3 is 2.21 bits per heavy atom. The fourth-order valence-electron chi connectivity index (χ4n) is 5.12. The Balaban J connectivity index is 1.40. The predicted molar refractivity (Wildman–Crippen MR) is 132 cm³/mol. The van der Waals surface area contributed by atoms with Crippen LogP contribution in [0.4, 0.5) is 0 Å². The molecular formula is C27H37NO5Si. The molecule has 0 radical (unpaired) electrons. The molecule has 0 aliphatic carbocycles. The van der Waals surface area contributed by atoms with E-state index in [0.29, 0.717) is 13.2 Å². The van der Waals surface area contributed by atoms with Crippen molar-refractivity contribution in [3.05, 3.63) is 71.8 Å². The molecule has 7 heteroatoms. The lowest BCUT2D eigenvalue weighted by Crippen LogP contribution is -2.47. The van der Waals surface area contributed by atoms with Crippen LogP contribution in [-0.4, -0.2) is 55.3 Å². The van der Waals surface area contributed by atoms with E-state index in [0.717, 1.165) is 12.0 Å². The maximum atomic E-state index is 6.61. The van der Waals surface area contributed by atoms with Gasteiger partial charge in [0.1, 0.15) is 18.3 Å². The van der Waals surface area contributed by atoms with Crippen molar-refractivity contribution >= 4 is 8.07 Å². The standard InChI is InChI=1S/C27H37NO5Si/c1-27(2)31-25-24(29-18-20-14-10-7-11-15-20)23(30-26(25)32-27)21-16-22(34(3,4)5)33-28(21)17-19-12-8-6-9-13-19/h6-15,21-26H,16-18H2,1-5H3/t21-,22-,23-,24-,25-,26-/m1/s1. The molecular weight excluding hydrogens is 446 g/mol. The van der Waals surface area contributed by atoms with Crippen LogP contribution in [-0.2, 0) is 36.9 Å². The second-order valence-electron chi connectivity index (χ2n) is 11.2. The Morgan fingerprint density at radius 2 is 1.56 bits per heavy atom. The summed E-state index contributed by atoms with van der Waals surface area (Å²) in [5.74, 6) is -0.689. The molecule has 0 aromatic heterocycles. The van der Waals surface area contributed by atoms with Crippen LogP contribution in [0.25, 0.3) is 0 Å². The minimum Gasteiger partial charge on any atom is -0.368 e. The van der Waals surface area contributed by atoms with Gasteiger partial charge in [0.15, 0.2) is 12.1 Å². The minimum atomic E-state index is -1.54. The summed E-state index contributed by atoms with van der Waals surface area (Å²) in [5.41, 5.74) is 2.57. The summed E-state index contributed by atoms with van der Waals surface area (Å²) in [7, 11) is -1.54. The molecule has 0 N–H and O–H groups in total. The van der Waals surface area contributed by atoms with E-state index in [1.165, 1.54) is 5.56 Å². The summed E-state index contributed by atoms with van der Waals surface area (Å²) in [6.07, 6.45) is -0.251. The molecule has 34 heavy (non-hydrogen) atoms. The van der Waals surface area contributed by atoms with Crippen LogP contribution >= 0.6 is 0 Å². The molecule has 0 amide bonds. The molecule has 3 heterocycles. The third kappa shape index (κ3) is 5.16. The summed E-state index contributed by atoms with van der Waals surface area (Å²) in [5, 5.41) is 2.13. The summed E-state index contributed by atoms with van der Waals surface area (Å²) in [6.45, 7) is 12.2. The summed E-state index contributed by atoms with van der Waals surface area (Å²) >= 11 is 0. The first kappa shape index (κ1) is 24.1. The van der Waals surface area contributed by atoms with Gasteiger partial charge in [0, 0.05) is 6.54 Å². The number of hydroxylamine groups is 2. The van der Waals surface area contributed by atoms with Crippen molar-refractivity contribution in [1.82, 2.24) is 5.06 Å². The molecule has 0 saturated carbocycles. The fourth-order valence-corrected chi connectivity index (χ4v) is 6.52. The molecule has 184 valence electrons. The van der Waals surface area contributed by atoms with Crippen molar-refractivity contribution in [3.63, 3.8) is 0 Å². The van der Waals surface area contributed by atoms with Crippen molar-refractivity contribution < 1.29 is 23.8 Å². The molecule has 3 aliphatic rings. The third-order valence-electron chi connectivity index (χ3n) is 6.93. The first-order chi connectivity index (χ1) is 16.2. The Labute approximate surface area is 204 Å².